The van der Waals surface area contributed by atoms with Gasteiger partial charge < -0.3 is 0 Å². The number of alkyl halides is 6. The Morgan fingerprint density at radius 1 is 0.833 bits per heavy atom. The molecule has 128 valence electrons. The summed E-state index contributed by atoms with van der Waals surface area (Å²) in [6, 6.07) is 6.37. The first kappa shape index (κ1) is 17.0. The van der Waals surface area contributed by atoms with Crippen molar-refractivity contribution in [3.8, 4) is 0 Å². The van der Waals surface area contributed by atoms with E-state index in [0.29, 0.717) is 16.3 Å². The topological polar surface area (TPSA) is 12.9 Å². The van der Waals surface area contributed by atoms with Crippen molar-refractivity contribution < 1.29 is 26.3 Å². The minimum absolute atomic E-state index is 0.0223. The second kappa shape index (κ2) is 5.08. The van der Waals surface area contributed by atoms with E-state index in [1.807, 2.05) is 0 Å². The molecule has 0 spiro atoms. The van der Waals surface area contributed by atoms with Gasteiger partial charge in [0.25, 0.3) is 0 Å². The molecule has 1 aliphatic rings. The third kappa shape index (κ3) is 2.05. The van der Waals surface area contributed by atoms with Gasteiger partial charge in [-0.05, 0) is 19.4 Å². The van der Waals surface area contributed by atoms with Crippen LogP contribution >= 0.6 is 11.3 Å². The SMILES string of the molecule is Cc1nc(C)c(C2=C(c3ccccc3)C(F)(F)C(F)(F)C2(F)F)s1. The van der Waals surface area contributed by atoms with Crippen molar-refractivity contribution in [2.24, 2.45) is 0 Å². The lowest BCUT2D eigenvalue weighted by Crippen LogP contribution is -2.48. The summed E-state index contributed by atoms with van der Waals surface area (Å²) in [6.45, 7) is 2.83. The van der Waals surface area contributed by atoms with Crippen molar-refractivity contribution >= 4 is 22.5 Å². The monoisotopic (exact) mass is 363 g/mol. The number of rotatable bonds is 2. The van der Waals surface area contributed by atoms with Crippen LogP contribution in [-0.2, 0) is 0 Å². The molecule has 0 saturated heterocycles. The summed E-state index contributed by atoms with van der Waals surface area (Å²) < 4.78 is 85.4. The summed E-state index contributed by atoms with van der Waals surface area (Å²) >= 11 is 0.698. The normalized spacial score (nSPS) is 21.3. The van der Waals surface area contributed by atoms with Crippen LogP contribution in [0.1, 0.15) is 21.1 Å². The average molecular weight is 363 g/mol. The van der Waals surface area contributed by atoms with E-state index >= 15 is 0 Å². The van der Waals surface area contributed by atoms with Crippen LogP contribution in [0.25, 0.3) is 11.1 Å². The molecule has 0 amide bonds. The van der Waals surface area contributed by atoms with Crippen LogP contribution in [0.4, 0.5) is 26.3 Å². The van der Waals surface area contributed by atoms with E-state index in [9.17, 15) is 26.3 Å². The summed E-state index contributed by atoms with van der Waals surface area (Å²) in [6.07, 6.45) is 0. The number of aromatic nitrogens is 1. The van der Waals surface area contributed by atoms with E-state index < -0.39 is 28.9 Å². The standard InChI is InChI=1S/C16H11F6NS/c1-8-13(24-9(2)23-8)12-11(10-6-4-3-5-7-10)14(17,18)16(21,22)15(12,19)20/h3-7H,1-2H3. The van der Waals surface area contributed by atoms with Crippen LogP contribution in [0.3, 0.4) is 0 Å². The minimum Gasteiger partial charge on any atom is -0.246 e. The smallest absolute Gasteiger partial charge is 0.246 e. The molecule has 0 N–H and O–H groups in total. The summed E-state index contributed by atoms with van der Waals surface area (Å²) in [4.78, 5) is 3.57. The van der Waals surface area contributed by atoms with Crippen LogP contribution < -0.4 is 0 Å². The zero-order valence-electron chi connectivity index (χ0n) is 12.5. The van der Waals surface area contributed by atoms with Gasteiger partial charge in [-0.3, -0.25) is 0 Å². The predicted octanol–water partition coefficient (Wildman–Crippen LogP) is 5.59. The Hall–Kier alpha value is -1.83. The molecule has 1 aromatic carbocycles. The number of nitrogens with zero attached hydrogens (tertiary/aromatic N) is 1. The molecular weight excluding hydrogens is 352 g/mol. The molecule has 2 aromatic rings. The van der Waals surface area contributed by atoms with E-state index in [0.717, 1.165) is 12.1 Å². The third-order valence-electron chi connectivity index (χ3n) is 3.86. The number of aryl methyl sites for hydroxylation is 2. The zero-order valence-corrected chi connectivity index (χ0v) is 13.3. The van der Waals surface area contributed by atoms with Gasteiger partial charge in [0.2, 0.25) is 0 Å². The Bertz CT molecular complexity index is 822. The molecule has 1 nitrogen and oxygen atoms in total. The Labute approximate surface area is 137 Å². The van der Waals surface area contributed by atoms with E-state index in [1.165, 1.54) is 32.0 Å². The van der Waals surface area contributed by atoms with Crippen molar-refractivity contribution in [1.82, 2.24) is 4.98 Å². The number of halogens is 6. The van der Waals surface area contributed by atoms with Gasteiger partial charge in [0.05, 0.1) is 21.2 Å². The van der Waals surface area contributed by atoms with Crippen molar-refractivity contribution in [1.29, 1.82) is 0 Å². The molecule has 8 heteroatoms. The average Bonchev–Trinajstić information content (AvgIpc) is 2.86. The molecule has 0 atom stereocenters. The molecule has 0 unspecified atom stereocenters. The third-order valence-corrected chi connectivity index (χ3v) is 4.95. The summed E-state index contributed by atoms with van der Waals surface area (Å²) in [7, 11) is 0. The summed E-state index contributed by atoms with van der Waals surface area (Å²) in [5, 5.41) is 0.330. The van der Waals surface area contributed by atoms with Crippen molar-refractivity contribution in [3.05, 3.63) is 51.5 Å². The highest BCUT2D eigenvalue weighted by molar-refractivity contribution is 7.13. The lowest BCUT2D eigenvalue weighted by atomic mass is 9.98. The van der Waals surface area contributed by atoms with E-state index in [-0.39, 0.29) is 16.1 Å². The second-order valence-electron chi connectivity index (χ2n) is 5.49. The maximum atomic E-state index is 14.4. The maximum Gasteiger partial charge on any atom is 0.380 e. The fourth-order valence-electron chi connectivity index (χ4n) is 2.77. The Balaban J connectivity index is 2.42. The van der Waals surface area contributed by atoms with E-state index in [1.54, 1.807) is 0 Å². The molecule has 1 aliphatic carbocycles. The maximum absolute atomic E-state index is 14.4. The Kier molecular flexibility index (Phi) is 3.60. The van der Waals surface area contributed by atoms with Crippen LogP contribution in [0.15, 0.2) is 30.3 Å². The lowest BCUT2D eigenvalue weighted by Gasteiger charge is -2.25. The molecule has 0 fully saturated rings. The van der Waals surface area contributed by atoms with Crippen LogP contribution in [0.5, 0.6) is 0 Å². The van der Waals surface area contributed by atoms with Gasteiger partial charge in [-0.2, -0.15) is 26.3 Å². The van der Waals surface area contributed by atoms with Gasteiger partial charge in [-0.15, -0.1) is 11.3 Å². The molecule has 0 radical (unpaired) electrons. The molecule has 24 heavy (non-hydrogen) atoms. The summed E-state index contributed by atoms with van der Waals surface area (Å²) in [5.74, 6) is -15.5. The molecule has 0 aliphatic heterocycles. The first-order valence-electron chi connectivity index (χ1n) is 6.90. The molecule has 0 bridgehead atoms. The fraction of sp³-hybridized carbons (Fsp3) is 0.312. The predicted molar refractivity (Wildman–Crippen MR) is 79.7 cm³/mol. The number of benzene rings is 1. The molecular formula is C16H11F6NS. The largest absolute Gasteiger partial charge is 0.380 e. The highest BCUT2D eigenvalue weighted by Crippen LogP contribution is 2.65. The molecule has 3 rings (SSSR count). The minimum atomic E-state index is -5.52. The van der Waals surface area contributed by atoms with Gasteiger partial charge >= 0.3 is 17.8 Å². The highest BCUT2D eigenvalue weighted by Gasteiger charge is 2.80. The van der Waals surface area contributed by atoms with E-state index in [4.69, 9.17) is 0 Å². The quantitative estimate of drug-likeness (QED) is 0.634. The molecule has 0 saturated carbocycles. The number of allylic oxidation sites excluding steroid dienone is 2. The number of thiazole rings is 1. The Morgan fingerprint density at radius 2 is 1.38 bits per heavy atom. The highest BCUT2D eigenvalue weighted by atomic mass is 32.1. The van der Waals surface area contributed by atoms with Crippen molar-refractivity contribution in [2.45, 2.75) is 31.6 Å². The first-order valence-corrected chi connectivity index (χ1v) is 7.72. The first-order chi connectivity index (χ1) is 11.0. The molecule has 1 aromatic heterocycles. The zero-order chi connectivity index (χ0) is 17.9. The summed E-state index contributed by atoms with van der Waals surface area (Å²) in [5.41, 5.74) is -3.02. The molecule has 1 heterocycles. The Morgan fingerprint density at radius 3 is 1.88 bits per heavy atom. The van der Waals surface area contributed by atoms with Gasteiger partial charge in [0, 0.05) is 5.57 Å². The van der Waals surface area contributed by atoms with Crippen molar-refractivity contribution in [3.63, 3.8) is 0 Å². The van der Waals surface area contributed by atoms with Crippen LogP contribution in [0, 0.1) is 13.8 Å². The van der Waals surface area contributed by atoms with Crippen LogP contribution in [-0.4, -0.2) is 22.8 Å². The van der Waals surface area contributed by atoms with Crippen LogP contribution in [0.2, 0.25) is 0 Å². The van der Waals surface area contributed by atoms with Gasteiger partial charge in [0.1, 0.15) is 0 Å². The van der Waals surface area contributed by atoms with E-state index in [2.05, 4.69) is 4.98 Å². The number of hydrogen-bond donors (Lipinski definition) is 0. The second-order valence-corrected chi connectivity index (χ2v) is 6.69. The number of hydrogen-bond acceptors (Lipinski definition) is 2. The van der Waals surface area contributed by atoms with Gasteiger partial charge in [-0.1, -0.05) is 30.3 Å². The van der Waals surface area contributed by atoms with Gasteiger partial charge in [0.15, 0.2) is 0 Å². The lowest BCUT2D eigenvalue weighted by molar-refractivity contribution is -0.254. The van der Waals surface area contributed by atoms with Gasteiger partial charge in [-0.25, -0.2) is 4.98 Å². The van der Waals surface area contributed by atoms with Crippen molar-refractivity contribution in [2.75, 3.05) is 0 Å². The fourth-order valence-corrected chi connectivity index (χ4v) is 3.78.